The summed E-state index contributed by atoms with van der Waals surface area (Å²) >= 11 is 0. The van der Waals surface area contributed by atoms with E-state index in [-0.39, 0.29) is 18.3 Å². The van der Waals surface area contributed by atoms with Crippen molar-refractivity contribution >= 4 is 12.0 Å². The zero-order valence-corrected chi connectivity index (χ0v) is 18.2. The minimum absolute atomic E-state index is 0.0548. The largest absolute Gasteiger partial charge is 0.481 e. The molecule has 2 unspecified atom stereocenters. The zero-order valence-electron chi connectivity index (χ0n) is 18.2. The Hall–Kier alpha value is -2.50. The van der Waals surface area contributed by atoms with E-state index in [0.29, 0.717) is 12.0 Å². The van der Waals surface area contributed by atoms with Crippen LogP contribution in [0, 0.1) is 26.6 Å². The van der Waals surface area contributed by atoms with E-state index in [1.807, 2.05) is 25.1 Å². The van der Waals surface area contributed by atoms with Gasteiger partial charge in [0, 0.05) is 6.42 Å². The molecular weight excluding hydrogens is 383 g/mol. The van der Waals surface area contributed by atoms with E-state index in [9.17, 15) is 9.18 Å². The summed E-state index contributed by atoms with van der Waals surface area (Å²) in [6, 6.07) is 9.36. The average molecular weight is 413 g/mol. The van der Waals surface area contributed by atoms with Gasteiger partial charge < -0.3 is 14.6 Å². The van der Waals surface area contributed by atoms with Gasteiger partial charge in [0.25, 0.3) is 0 Å². The number of rotatable bonds is 5. The van der Waals surface area contributed by atoms with Crippen molar-refractivity contribution in [2.75, 3.05) is 0 Å². The van der Waals surface area contributed by atoms with E-state index >= 15 is 0 Å². The highest BCUT2D eigenvalue weighted by molar-refractivity contribution is 5.78. The van der Waals surface area contributed by atoms with Crippen LogP contribution < -0.4 is 0 Å². The van der Waals surface area contributed by atoms with Gasteiger partial charge in [-0.1, -0.05) is 35.9 Å². The molecule has 160 valence electrons. The lowest BCUT2D eigenvalue weighted by molar-refractivity contribution is -0.290. The Labute approximate surface area is 177 Å². The number of benzene rings is 2. The molecule has 0 amide bonds. The third kappa shape index (κ3) is 5.35. The third-order valence-corrected chi connectivity index (χ3v) is 5.26. The molecule has 0 spiro atoms. The fourth-order valence-electron chi connectivity index (χ4n) is 4.04. The molecule has 0 aromatic heterocycles. The van der Waals surface area contributed by atoms with E-state index < -0.39 is 17.9 Å². The number of aryl methyl sites for hydroxylation is 3. The maximum absolute atomic E-state index is 13.8. The highest BCUT2D eigenvalue weighted by Gasteiger charge is 2.35. The van der Waals surface area contributed by atoms with Gasteiger partial charge in [0.15, 0.2) is 5.79 Å². The molecule has 1 saturated heterocycles. The standard InChI is InChI=1S/C25H29FO4/c1-15-10-16(2)21(22(11-15)18-6-9-23(26)17(3)12-18)8-7-19-13-20(14-24(27)28)30-25(4,5)29-19/h6-12,19-20H,13-14H2,1-5H3,(H,27,28)/b8-7+. The van der Waals surface area contributed by atoms with Crippen molar-refractivity contribution in [2.24, 2.45) is 0 Å². The predicted octanol–water partition coefficient (Wildman–Crippen LogP) is 5.82. The molecule has 0 aliphatic carbocycles. The number of carboxylic acid groups (broad SMARTS) is 1. The van der Waals surface area contributed by atoms with Crippen LogP contribution in [0.1, 0.15) is 48.9 Å². The lowest BCUT2D eigenvalue weighted by Gasteiger charge is -2.39. The third-order valence-electron chi connectivity index (χ3n) is 5.26. The number of hydrogen-bond donors (Lipinski definition) is 1. The molecule has 1 heterocycles. The van der Waals surface area contributed by atoms with E-state index in [1.165, 1.54) is 6.07 Å². The summed E-state index contributed by atoms with van der Waals surface area (Å²) in [5.41, 5.74) is 5.86. The van der Waals surface area contributed by atoms with Crippen molar-refractivity contribution in [2.45, 2.75) is 65.5 Å². The lowest BCUT2D eigenvalue weighted by Crippen LogP contribution is -2.44. The van der Waals surface area contributed by atoms with Crippen LogP contribution in [0.5, 0.6) is 0 Å². The van der Waals surface area contributed by atoms with E-state index in [1.54, 1.807) is 26.8 Å². The minimum atomic E-state index is -0.885. The summed E-state index contributed by atoms with van der Waals surface area (Å²) in [4.78, 5) is 11.1. The van der Waals surface area contributed by atoms with Gasteiger partial charge in [-0.05, 0) is 74.6 Å². The molecule has 2 aromatic rings. The van der Waals surface area contributed by atoms with Crippen molar-refractivity contribution in [3.05, 3.63) is 64.5 Å². The van der Waals surface area contributed by atoms with Gasteiger partial charge in [0.05, 0.1) is 18.6 Å². The number of carbonyl (C=O) groups is 1. The van der Waals surface area contributed by atoms with Gasteiger partial charge >= 0.3 is 5.97 Å². The normalized spacial score (nSPS) is 21.1. The molecule has 0 saturated carbocycles. The number of ether oxygens (including phenoxy) is 2. The van der Waals surface area contributed by atoms with Crippen molar-refractivity contribution < 1.29 is 23.8 Å². The summed E-state index contributed by atoms with van der Waals surface area (Å²) in [5.74, 6) is -1.96. The van der Waals surface area contributed by atoms with Crippen LogP contribution in [0.25, 0.3) is 17.2 Å². The first-order valence-corrected chi connectivity index (χ1v) is 10.2. The van der Waals surface area contributed by atoms with Gasteiger partial charge in [-0.25, -0.2) is 4.39 Å². The summed E-state index contributed by atoms with van der Waals surface area (Å²) in [5, 5.41) is 9.13. The van der Waals surface area contributed by atoms with Crippen molar-refractivity contribution in [3.63, 3.8) is 0 Å². The molecule has 3 rings (SSSR count). The first-order chi connectivity index (χ1) is 14.0. The van der Waals surface area contributed by atoms with E-state index in [2.05, 4.69) is 19.1 Å². The quantitative estimate of drug-likeness (QED) is 0.673. The molecular formula is C25H29FO4. The van der Waals surface area contributed by atoms with Gasteiger partial charge in [-0.3, -0.25) is 4.79 Å². The summed E-state index contributed by atoms with van der Waals surface area (Å²) < 4.78 is 25.5. The van der Waals surface area contributed by atoms with Crippen LogP contribution in [-0.2, 0) is 14.3 Å². The van der Waals surface area contributed by atoms with Crippen LogP contribution in [0.3, 0.4) is 0 Å². The molecule has 1 N–H and O–H groups in total. The second-order valence-corrected chi connectivity index (χ2v) is 8.50. The van der Waals surface area contributed by atoms with Crippen molar-refractivity contribution in [1.82, 2.24) is 0 Å². The summed E-state index contributed by atoms with van der Waals surface area (Å²) in [6.07, 6.45) is 3.74. The summed E-state index contributed by atoms with van der Waals surface area (Å²) in [7, 11) is 0. The van der Waals surface area contributed by atoms with Crippen molar-refractivity contribution in [3.8, 4) is 11.1 Å². The molecule has 30 heavy (non-hydrogen) atoms. The smallest absolute Gasteiger partial charge is 0.305 e. The fourth-order valence-corrected chi connectivity index (χ4v) is 4.04. The molecule has 2 aromatic carbocycles. The van der Waals surface area contributed by atoms with Crippen LogP contribution in [0.2, 0.25) is 0 Å². The zero-order chi connectivity index (χ0) is 22.1. The number of hydrogen-bond acceptors (Lipinski definition) is 3. The number of halogens is 1. The molecule has 5 heteroatoms. The minimum Gasteiger partial charge on any atom is -0.481 e. The Morgan fingerprint density at radius 2 is 1.90 bits per heavy atom. The SMILES string of the molecule is Cc1cc(C)c(/C=C/C2CC(CC(=O)O)OC(C)(C)O2)c(-c2ccc(F)c(C)c2)c1. The van der Waals surface area contributed by atoms with Crippen LogP contribution >= 0.6 is 0 Å². The second-order valence-electron chi connectivity index (χ2n) is 8.50. The van der Waals surface area contributed by atoms with Gasteiger partial charge in [-0.15, -0.1) is 0 Å². The average Bonchev–Trinajstić information content (AvgIpc) is 2.60. The highest BCUT2D eigenvalue weighted by Crippen LogP contribution is 2.33. The Morgan fingerprint density at radius 1 is 1.17 bits per heavy atom. The Kier molecular flexibility index (Phi) is 6.44. The maximum atomic E-state index is 13.8. The number of carboxylic acids is 1. The Balaban J connectivity index is 1.94. The maximum Gasteiger partial charge on any atom is 0.305 e. The topological polar surface area (TPSA) is 55.8 Å². The molecule has 1 aliphatic rings. The van der Waals surface area contributed by atoms with E-state index in [4.69, 9.17) is 14.6 Å². The van der Waals surface area contributed by atoms with Gasteiger partial charge in [0.1, 0.15) is 5.82 Å². The first-order valence-electron chi connectivity index (χ1n) is 10.2. The molecule has 0 radical (unpaired) electrons. The van der Waals surface area contributed by atoms with Crippen LogP contribution in [0.15, 0.2) is 36.4 Å². The molecule has 2 atom stereocenters. The first kappa shape index (κ1) is 22.2. The lowest BCUT2D eigenvalue weighted by atomic mass is 9.92. The number of aliphatic carboxylic acids is 1. The predicted molar refractivity (Wildman–Crippen MR) is 116 cm³/mol. The Bertz CT molecular complexity index is 977. The highest BCUT2D eigenvalue weighted by atomic mass is 19.1. The Morgan fingerprint density at radius 3 is 2.57 bits per heavy atom. The molecule has 4 nitrogen and oxygen atoms in total. The van der Waals surface area contributed by atoms with Crippen LogP contribution in [-0.4, -0.2) is 29.1 Å². The fraction of sp³-hybridized carbons (Fsp3) is 0.400. The van der Waals surface area contributed by atoms with E-state index in [0.717, 1.165) is 27.8 Å². The molecule has 1 aliphatic heterocycles. The second kappa shape index (κ2) is 8.70. The molecule has 1 fully saturated rings. The monoisotopic (exact) mass is 412 g/mol. The van der Waals surface area contributed by atoms with Gasteiger partial charge in [0.2, 0.25) is 0 Å². The van der Waals surface area contributed by atoms with Crippen LogP contribution in [0.4, 0.5) is 4.39 Å². The molecule has 0 bridgehead atoms. The summed E-state index contributed by atoms with van der Waals surface area (Å²) in [6.45, 7) is 9.45. The van der Waals surface area contributed by atoms with Gasteiger partial charge in [-0.2, -0.15) is 0 Å². The van der Waals surface area contributed by atoms with Crippen molar-refractivity contribution in [1.29, 1.82) is 0 Å².